The number of epoxide rings is 1. The summed E-state index contributed by atoms with van der Waals surface area (Å²) in [6, 6.07) is 7.63. The van der Waals surface area contributed by atoms with Crippen LogP contribution >= 0.6 is 0 Å². The summed E-state index contributed by atoms with van der Waals surface area (Å²) in [5.74, 6) is 0.431. The second-order valence-corrected chi connectivity index (χ2v) is 8.99. The minimum Gasteiger partial charge on any atom is -0.486 e. The van der Waals surface area contributed by atoms with Crippen LogP contribution in [0, 0.1) is 5.92 Å². The Bertz CT molecular complexity index is 1050. The SMILES string of the molecule is CC(=O)OCn1c(=O)c2c(c3ccccc31)OC(C)(C)[C@@H]1CC[C@@]3(C)O[C@H]3[C@H]21. The molecule has 0 amide bonds. The molecule has 1 saturated heterocycles. The number of carbonyl (C=O) groups is 1. The molecule has 0 radical (unpaired) electrons. The Morgan fingerprint density at radius 1 is 1.29 bits per heavy atom. The second-order valence-electron chi connectivity index (χ2n) is 8.99. The standard InChI is InChI=1S/C22H25NO5/c1-12(24)26-11-23-15-8-6-5-7-13(15)18-17(20(23)25)16-14(21(2,3)27-18)9-10-22(4)19(16)28-22/h5-8,14,16,19H,9-11H2,1-4H3/t14-,16+,19+,22-/m1/s1. The zero-order valence-electron chi connectivity index (χ0n) is 16.7. The van der Waals surface area contributed by atoms with Crippen LogP contribution in [0.5, 0.6) is 5.75 Å². The van der Waals surface area contributed by atoms with Crippen molar-refractivity contribution in [3.05, 3.63) is 40.2 Å². The number of carbonyl (C=O) groups excluding carboxylic acids is 1. The number of hydrogen-bond acceptors (Lipinski definition) is 5. The fraction of sp³-hybridized carbons (Fsp3) is 0.545. The molecule has 0 bridgehead atoms. The van der Waals surface area contributed by atoms with E-state index in [9.17, 15) is 9.59 Å². The third-order valence-electron chi connectivity index (χ3n) is 6.80. The van der Waals surface area contributed by atoms with Crippen molar-refractivity contribution in [2.75, 3.05) is 0 Å². The predicted molar refractivity (Wildman–Crippen MR) is 103 cm³/mol. The molecule has 5 rings (SSSR count). The first-order valence-corrected chi connectivity index (χ1v) is 9.88. The average Bonchev–Trinajstić information content (AvgIpc) is 3.32. The van der Waals surface area contributed by atoms with Crippen molar-refractivity contribution in [2.45, 2.75) is 70.5 Å². The molecule has 3 heterocycles. The van der Waals surface area contributed by atoms with E-state index < -0.39 is 5.97 Å². The van der Waals surface area contributed by atoms with Crippen molar-refractivity contribution in [1.29, 1.82) is 0 Å². The third-order valence-corrected chi connectivity index (χ3v) is 6.80. The van der Waals surface area contributed by atoms with E-state index in [-0.39, 0.29) is 41.4 Å². The second kappa shape index (κ2) is 5.60. The number of nitrogens with zero attached hydrogens (tertiary/aromatic N) is 1. The fourth-order valence-electron chi connectivity index (χ4n) is 5.30. The van der Waals surface area contributed by atoms with Crippen molar-refractivity contribution in [2.24, 2.45) is 5.92 Å². The molecule has 2 aromatic rings. The quantitative estimate of drug-likeness (QED) is 0.588. The maximum absolute atomic E-state index is 13.6. The van der Waals surface area contributed by atoms with Crippen LogP contribution in [-0.4, -0.2) is 27.8 Å². The summed E-state index contributed by atoms with van der Waals surface area (Å²) in [5.41, 5.74) is 0.688. The maximum atomic E-state index is 13.6. The van der Waals surface area contributed by atoms with Gasteiger partial charge >= 0.3 is 5.97 Å². The Hall–Kier alpha value is -2.34. The Morgan fingerprint density at radius 2 is 2.04 bits per heavy atom. The van der Waals surface area contributed by atoms with Gasteiger partial charge in [0, 0.05) is 24.1 Å². The molecule has 2 fully saturated rings. The molecule has 0 spiro atoms. The van der Waals surface area contributed by atoms with Gasteiger partial charge in [-0.3, -0.25) is 14.2 Å². The van der Waals surface area contributed by atoms with E-state index in [1.165, 1.54) is 6.92 Å². The van der Waals surface area contributed by atoms with Crippen LogP contribution < -0.4 is 10.3 Å². The summed E-state index contributed by atoms with van der Waals surface area (Å²) in [6.07, 6.45) is 1.97. The van der Waals surface area contributed by atoms with Crippen LogP contribution in [0.2, 0.25) is 0 Å². The number of pyridine rings is 1. The maximum Gasteiger partial charge on any atom is 0.304 e. The van der Waals surface area contributed by atoms with Gasteiger partial charge in [0.15, 0.2) is 6.73 Å². The van der Waals surface area contributed by atoms with Crippen molar-refractivity contribution in [1.82, 2.24) is 4.57 Å². The zero-order valence-corrected chi connectivity index (χ0v) is 16.7. The molecule has 28 heavy (non-hydrogen) atoms. The normalized spacial score (nSPS) is 31.9. The van der Waals surface area contributed by atoms with Gasteiger partial charge in [0.25, 0.3) is 5.56 Å². The zero-order chi connectivity index (χ0) is 19.8. The van der Waals surface area contributed by atoms with E-state index in [1.807, 2.05) is 24.3 Å². The summed E-state index contributed by atoms with van der Waals surface area (Å²) >= 11 is 0. The Balaban J connectivity index is 1.78. The van der Waals surface area contributed by atoms with Gasteiger partial charge in [-0.25, -0.2) is 0 Å². The molecule has 1 saturated carbocycles. The molecule has 4 atom stereocenters. The van der Waals surface area contributed by atoms with Gasteiger partial charge in [-0.05, 0) is 45.7 Å². The summed E-state index contributed by atoms with van der Waals surface area (Å²) < 4.78 is 19.3. The van der Waals surface area contributed by atoms with E-state index in [0.29, 0.717) is 16.8 Å². The van der Waals surface area contributed by atoms with Crippen LogP contribution in [0.15, 0.2) is 29.1 Å². The number of ether oxygens (including phenoxy) is 3. The number of hydrogen-bond donors (Lipinski definition) is 0. The molecule has 1 aliphatic carbocycles. The lowest BCUT2D eigenvalue weighted by Crippen LogP contribution is -2.51. The third kappa shape index (κ3) is 2.37. The Morgan fingerprint density at radius 3 is 2.79 bits per heavy atom. The summed E-state index contributed by atoms with van der Waals surface area (Å²) in [6.45, 7) is 7.59. The molecule has 2 aliphatic heterocycles. The first kappa shape index (κ1) is 17.7. The average molecular weight is 383 g/mol. The number of para-hydroxylation sites is 1. The molecule has 148 valence electrons. The topological polar surface area (TPSA) is 70.1 Å². The van der Waals surface area contributed by atoms with Crippen LogP contribution in [0.25, 0.3) is 10.9 Å². The van der Waals surface area contributed by atoms with Gasteiger partial charge in [0.05, 0.1) is 22.8 Å². The highest BCUT2D eigenvalue weighted by molar-refractivity contribution is 5.87. The first-order valence-electron chi connectivity index (χ1n) is 9.88. The Labute approximate surface area is 163 Å². The highest BCUT2D eigenvalue weighted by Crippen LogP contribution is 2.62. The van der Waals surface area contributed by atoms with Crippen LogP contribution in [0.3, 0.4) is 0 Å². The monoisotopic (exact) mass is 383 g/mol. The minimum absolute atomic E-state index is 0.0156. The molecule has 0 N–H and O–H groups in total. The van der Waals surface area contributed by atoms with Gasteiger partial charge in [0.1, 0.15) is 11.4 Å². The number of fused-ring (bicyclic) bond motifs is 7. The smallest absolute Gasteiger partial charge is 0.304 e. The summed E-state index contributed by atoms with van der Waals surface area (Å²) in [5, 5.41) is 0.865. The van der Waals surface area contributed by atoms with Gasteiger partial charge in [-0.15, -0.1) is 0 Å². The van der Waals surface area contributed by atoms with Crippen molar-refractivity contribution < 1.29 is 19.0 Å². The van der Waals surface area contributed by atoms with Crippen LogP contribution in [-0.2, 0) is 21.0 Å². The molecular formula is C22H25NO5. The van der Waals surface area contributed by atoms with E-state index in [4.69, 9.17) is 14.2 Å². The number of aromatic nitrogens is 1. The molecule has 1 aromatic heterocycles. The van der Waals surface area contributed by atoms with Crippen molar-refractivity contribution >= 4 is 16.9 Å². The van der Waals surface area contributed by atoms with Gasteiger partial charge in [0.2, 0.25) is 0 Å². The number of rotatable bonds is 2. The highest BCUT2D eigenvalue weighted by atomic mass is 16.6. The summed E-state index contributed by atoms with van der Waals surface area (Å²) in [7, 11) is 0. The fourth-order valence-corrected chi connectivity index (χ4v) is 5.30. The van der Waals surface area contributed by atoms with E-state index in [1.54, 1.807) is 4.57 Å². The van der Waals surface area contributed by atoms with Crippen LogP contribution in [0.1, 0.15) is 52.0 Å². The molecular weight excluding hydrogens is 358 g/mol. The lowest BCUT2D eigenvalue weighted by atomic mass is 9.64. The van der Waals surface area contributed by atoms with Gasteiger partial charge < -0.3 is 14.2 Å². The van der Waals surface area contributed by atoms with Crippen molar-refractivity contribution in [3.8, 4) is 5.75 Å². The molecule has 6 nitrogen and oxygen atoms in total. The molecule has 1 aromatic carbocycles. The molecule has 6 heteroatoms. The van der Waals surface area contributed by atoms with E-state index in [2.05, 4.69) is 20.8 Å². The predicted octanol–water partition coefficient (Wildman–Crippen LogP) is 3.34. The van der Waals surface area contributed by atoms with E-state index >= 15 is 0 Å². The largest absolute Gasteiger partial charge is 0.486 e. The number of benzene rings is 1. The minimum atomic E-state index is -0.417. The van der Waals surface area contributed by atoms with Crippen LogP contribution in [0.4, 0.5) is 0 Å². The van der Waals surface area contributed by atoms with Crippen molar-refractivity contribution in [3.63, 3.8) is 0 Å². The molecule has 0 unspecified atom stereocenters. The van der Waals surface area contributed by atoms with Gasteiger partial charge in [-0.1, -0.05) is 12.1 Å². The van der Waals surface area contributed by atoms with Gasteiger partial charge in [-0.2, -0.15) is 0 Å². The lowest BCUT2D eigenvalue weighted by Gasteiger charge is -2.47. The first-order chi connectivity index (χ1) is 13.2. The Kier molecular flexibility index (Phi) is 3.55. The molecule has 3 aliphatic rings. The lowest BCUT2D eigenvalue weighted by molar-refractivity contribution is -0.144. The summed E-state index contributed by atoms with van der Waals surface area (Å²) in [4.78, 5) is 25.0. The number of esters is 1. The highest BCUT2D eigenvalue weighted by Gasteiger charge is 2.65. The van der Waals surface area contributed by atoms with E-state index in [0.717, 1.165) is 18.2 Å².